The normalized spacial score (nSPS) is 12.1. The summed E-state index contributed by atoms with van der Waals surface area (Å²) in [6.45, 7) is 0.127. The maximum absolute atomic E-state index is 13.1. The van der Waals surface area contributed by atoms with Crippen molar-refractivity contribution in [1.82, 2.24) is 10.0 Å². The lowest BCUT2D eigenvalue weighted by atomic mass is 10.1. The Bertz CT molecular complexity index is 1190. The SMILES string of the molecule is COc1ccc(S(=O)(=O)N[C@@H](Cc2ccccc2)C(=O)NCc2ccc(F)cc2)cc1OC. The molecule has 0 saturated heterocycles. The van der Waals surface area contributed by atoms with Gasteiger partial charge >= 0.3 is 0 Å². The van der Waals surface area contributed by atoms with Crippen LogP contribution in [0.15, 0.2) is 77.7 Å². The Morgan fingerprint density at radius 3 is 2.21 bits per heavy atom. The fourth-order valence-electron chi connectivity index (χ4n) is 3.19. The zero-order valence-electron chi connectivity index (χ0n) is 18.2. The minimum atomic E-state index is -4.07. The van der Waals surface area contributed by atoms with Crippen molar-refractivity contribution in [3.63, 3.8) is 0 Å². The topological polar surface area (TPSA) is 93.7 Å². The van der Waals surface area contributed by atoms with Crippen LogP contribution in [0.2, 0.25) is 0 Å². The molecule has 3 rings (SSSR count). The fourth-order valence-corrected chi connectivity index (χ4v) is 4.40. The van der Waals surface area contributed by atoms with Crippen LogP contribution in [0.5, 0.6) is 11.5 Å². The van der Waals surface area contributed by atoms with Crippen molar-refractivity contribution in [2.24, 2.45) is 0 Å². The van der Waals surface area contributed by atoms with Gasteiger partial charge in [0.1, 0.15) is 11.9 Å². The van der Waals surface area contributed by atoms with Gasteiger partial charge < -0.3 is 14.8 Å². The number of nitrogens with one attached hydrogen (secondary N) is 2. The average Bonchev–Trinajstić information content (AvgIpc) is 2.83. The number of hydrogen-bond acceptors (Lipinski definition) is 5. The number of carbonyl (C=O) groups excluding carboxylic acids is 1. The fraction of sp³-hybridized carbons (Fsp3) is 0.208. The van der Waals surface area contributed by atoms with E-state index in [0.29, 0.717) is 11.3 Å². The number of rotatable bonds is 10. The van der Waals surface area contributed by atoms with Gasteiger partial charge in [-0.2, -0.15) is 4.72 Å². The predicted molar refractivity (Wildman–Crippen MR) is 122 cm³/mol. The van der Waals surface area contributed by atoms with E-state index in [0.717, 1.165) is 5.56 Å². The minimum Gasteiger partial charge on any atom is -0.493 e. The first-order valence-electron chi connectivity index (χ1n) is 10.1. The average molecular weight is 473 g/mol. The first-order chi connectivity index (χ1) is 15.8. The van der Waals surface area contributed by atoms with Crippen LogP contribution in [0.1, 0.15) is 11.1 Å². The van der Waals surface area contributed by atoms with Crippen LogP contribution in [-0.4, -0.2) is 34.6 Å². The van der Waals surface area contributed by atoms with Crippen LogP contribution in [0, 0.1) is 5.82 Å². The van der Waals surface area contributed by atoms with E-state index in [-0.39, 0.29) is 29.4 Å². The molecule has 0 aliphatic heterocycles. The molecule has 0 aromatic heterocycles. The maximum atomic E-state index is 13.1. The van der Waals surface area contributed by atoms with E-state index in [9.17, 15) is 17.6 Å². The smallest absolute Gasteiger partial charge is 0.241 e. The lowest BCUT2D eigenvalue weighted by molar-refractivity contribution is -0.122. The van der Waals surface area contributed by atoms with Gasteiger partial charge in [-0.05, 0) is 41.8 Å². The lowest BCUT2D eigenvalue weighted by Crippen LogP contribution is -2.47. The Kier molecular flexibility index (Phi) is 8.02. The molecule has 9 heteroatoms. The summed E-state index contributed by atoms with van der Waals surface area (Å²) in [5.41, 5.74) is 1.47. The summed E-state index contributed by atoms with van der Waals surface area (Å²) < 4.78 is 52.1. The molecule has 0 bridgehead atoms. The molecular formula is C24H25FN2O5S. The Hall–Kier alpha value is -3.43. The van der Waals surface area contributed by atoms with Crippen LogP contribution in [0.3, 0.4) is 0 Å². The maximum Gasteiger partial charge on any atom is 0.241 e. The highest BCUT2D eigenvalue weighted by Gasteiger charge is 2.27. The van der Waals surface area contributed by atoms with Gasteiger partial charge in [-0.3, -0.25) is 4.79 Å². The molecular weight excluding hydrogens is 447 g/mol. The lowest BCUT2D eigenvalue weighted by Gasteiger charge is -2.19. The minimum absolute atomic E-state index is 0.0652. The second-order valence-electron chi connectivity index (χ2n) is 7.22. The summed E-state index contributed by atoms with van der Waals surface area (Å²) in [6.07, 6.45) is 0.141. The standard InChI is InChI=1S/C24H25FN2O5S/c1-31-22-13-12-20(15-23(22)32-2)33(29,30)27-21(14-17-6-4-3-5-7-17)24(28)26-16-18-8-10-19(25)11-9-18/h3-13,15,21,27H,14,16H2,1-2H3,(H,26,28)/t21-/m0/s1. The van der Waals surface area contributed by atoms with Gasteiger partial charge in [0.05, 0.1) is 19.1 Å². The number of amides is 1. The highest BCUT2D eigenvalue weighted by Crippen LogP contribution is 2.29. The van der Waals surface area contributed by atoms with Gasteiger partial charge in [0.2, 0.25) is 15.9 Å². The number of sulfonamides is 1. The van der Waals surface area contributed by atoms with Crippen LogP contribution in [-0.2, 0) is 27.8 Å². The monoisotopic (exact) mass is 472 g/mol. The van der Waals surface area contributed by atoms with E-state index < -0.39 is 22.0 Å². The number of methoxy groups -OCH3 is 2. The highest BCUT2D eigenvalue weighted by atomic mass is 32.2. The Morgan fingerprint density at radius 2 is 1.58 bits per heavy atom. The molecule has 0 radical (unpaired) electrons. The molecule has 1 amide bonds. The van der Waals surface area contributed by atoms with Crippen molar-refractivity contribution in [3.8, 4) is 11.5 Å². The van der Waals surface area contributed by atoms with E-state index in [1.165, 1.54) is 44.6 Å². The van der Waals surface area contributed by atoms with E-state index in [1.54, 1.807) is 12.1 Å². The first-order valence-corrected chi connectivity index (χ1v) is 11.6. The van der Waals surface area contributed by atoms with Crippen LogP contribution >= 0.6 is 0 Å². The molecule has 3 aromatic rings. The summed E-state index contributed by atoms with van der Waals surface area (Å²) in [5.74, 6) is -0.253. The molecule has 0 spiro atoms. The zero-order chi connectivity index (χ0) is 23.8. The molecule has 0 fully saturated rings. The molecule has 0 aliphatic rings. The Morgan fingerprint density at radius 1 is 0.909 bits per heavy atom. The molecule has 174 valence electrons. The van der Waals surface area contributed by atoms with E-state index in [4.69, 9.17) is 9.47 Å². The third-order valence-electron chi connectivity index (χ3n) is 4.94. The molecule has 0 saturated carbocycles. The first kappa shape index (κ1) is 24.2. The van der Waals surface area contributed by atoms with E-state index in [1.807, 2.05) is 30.3 Å². The van der Waals surface area contributed by atoms with Crippen LogP contribution < -0.4 is 19.5 Å². The van der Waals surface area contributed by atoms with Crippen molar-refractivity contribution < 1.29 is 27.1 Å². The summed E-state index contributed by atoms with van der Waals surface area (Å²) in [5, 5.41) is 2.72. The third-order valence-corrected chi connectivity index (χ3v) is 6.41. The number of benzene rings is 3. The largest absolute Gasteiger partial charge is 0.493 e. The van der Waals surface area contributed by atoms with Gasteiger partial charge in [-0.15, -0.1) is 0 Å². The molecule has 1 atom stereocenters. The van der Waals surface area contributed by atoms with Gasteiger partial charge in [-0.1, -0.05) is 42.5 Å². The van der Waals surface area contributed by atoms with Crippen molar-refractivity contribution in [3.05, 3.63) is 89.7 Å². The summed E-state index contributed by atoms with van der Waals surface area (Å²) in [4.78, 5) is 12.9. The van der Waals surface area contributed by atoms with Gasteiger partial charge in [0.25, 0.3) is 0 Å². The number of carbonyl (C=O) groups is 1. The van der Waals surface area contributed by atoms with Crippen molar-refractivity contribution in [1.29, 1.82) is 0 Å². The van der Waals surface area contributed by atoms with E-state index in [2.05, 4.69) is 10.0 Å². The number of halogens is 1. The second-order valence-corrected chi connectivity index (χ2v) is 8.94. The van der Waals surface area contributed by atoms with Gasteiger partial charge in [0.15, 0.2) is 11.5 Å². The Balaban J connectivity index is 1.82. The third kappa shape index (κ3) is 6.53. The van der Waals surface area contributed by atoms with Crippen molar-refractivity contribution in [2.45, 2.75) is 23.9 Å². The van der Waals surface area contributed by atoms with Gasteiger partial charge in [-0.25, -0.2) is 12.8 Å². The molecule has 0 unspecified atom stereocenters. The second kappa shape index (κ2) is 10.9. The summed E-state index contributed by atoms with van der Waals surface area (Å²) in [6, 6.07) is 17.9. The molecule has 7 nitrogen and oxygen atoms in total. The quantitative estimate of drug-likeness (QED) is 0.473. The Labute approximate surface area is 192 Å². The number of hydrogen-bond donors (Lipinski definition) is 2. The zero-order valence-corrected chi connectivity index (χ0v) is 19.1. The molecule has 33 heavy (non-hydrogen) atoms. The summed E-state index contributed by atoms with van der Waals surface area (Å²) in [7, 11) is -1.21. The predicted octanol–water partition coefficient (Wildman–Crippen LogP) is 3.05. The van der Waals surface area contributed by atoms with Crippen LogP contribution in [0.25, 0.3) is 0 Å². The van der Waals surface area contributed by atoms with E-state index >= 15 is 0 Å². The van der Waals surface area contributed by atoms with Crippen LogP contribution in [0.4, 0.5) is 4.39 Å². The van der Waals surface area contributed by atoms with Crippen molar-refractivity contribution in [2.75, 3.05) is 14.2 Å². The molecule has 2 N–H and O–H groups in total. The van der Waals surface area contributed by atoms with Gasteiger partial charge in [0, 0.05) is 12.6 Å². The molecule has 0 aliphatic carbocycles. The molecule has 0 heterocycles. The summed E-state index contributed by atoms with van der Waals surface area (Å²) >= 11 is 0. The highest BCUT2D eigenvalue weighted by molar-refractivity contribution is 7.89. The van der Waals surface area contributed by atoms with Crippen molar-refractivity contribution >= 4 is 15.9 Å². The molecule has 3 aromatic carbocycles. The number of ether oxygens (including phenoxy) is 2.